The van der Waals surface area contributed by atoms with Gasteiger partial charge in [-0.25, -0.2) is 0 Å². The highest BCUT2D eigenvalue weighted by molar-refractivity contribution is 7.83. The second kappa shape index (κ2) is 4.43. The summed E-state index contributed by atoms with van der Waals surface area (Å²) in [6, 6.07) is 3.94. The molecule has 0 heterocycles. The molecule has 0 radical (unpaired) electrons. The van der Waals surface area contributed by atoms with E-state index in [0.717, 1.165) is 0 Å². The lowest BCUT2D eigenvalue weighted by atomic mass is 10.1. The third-order valence-electron chi connectivity index (χ3n) is 1.68. The highest BCUT2D eigenvalue weighted by Gasteiger charge is 2.02. The Labute approximate surface area is 86.0 Å². The van der Waals surface area contributed by atoms with Crippen LogP contribution in [0.2, 0.25) is 0 Å². The van der Waals surface area contributed by atoms with Crippen LogP contribution in [0.1, 0.15) is 5.56 Å². The molecule has 0 aliphatic rings. The Morgan fingerprint density at radius 2 is 1.93 bits per heavy atom. The number of hydrogen-bond donors (Lipinski definition) is 2. The normalized spacial score (nSPS) is 11.3. The molecule has 0 fully saturated rings. The molecule has 0 aromatic heterocycles. The number of benzene rings is 1. The van der Waals surface area contributed by atoms with Gasteiger partial charge >= 0.3 is 10.5 Å². The van der Waals surface area contributed by atoms with Crippen LogP contribution in [0.3, 0.4) is 0 Å². The molecule has 0 spiro atoms. The van der Waals surface area contributed by atoms with E-state index in [4.69, 9.17) is 10.2 Å². The first-order chi connectivity index (χ1) is 6.88. The zero-order valence-corrected chi connectivity index (χ0v) is 8.38. The summed E-state index contributed by atoms with van der Waals surface area (Å²) in [5.41, 5.74) is 0.526. The van der Waals surface area contributed by atoms with Crippen LogP contribution in [0.5, 0.6) is 11.5 Å². The molecule has 4 nitrogen and oxygen atoms in total. The molecule has 0 saturated carbocycles. The van der Waals surface area contributed by atoms with Crippen molar-refractivity contribution in [2.75, 3.05) is 6.54 Å². The molecule has 0 saturated heterocycles. The average Bonchev–Trinajstić information content (AvgIpc) is 2.09. The number of rotatable bonds is 3. The van der Waals surface area contributed by atoms with E-state index in [1.807, 2.05) is 0 Å². The number of phenolic OH excluding ortho intramolecular Hbond substituents is 2. The minimum Gasteiger partial charge on any atom is -0.504 e. The molecule has 0 bridgehead atoms. The van der Waals surface area contributed by atoms with Gasteiger partial charge in [-0.1, -0.05) is 13.8 Å². The molecule has 0 aliphatic heterocycles. The summed E-state index contributed by atoms with van der Waals surface area (Å²) < 4.78 is 36.2. The van der Waals surface area contributed by atoms with E-state index in [0.29, 0.717) is 5.56 Å². The van der Waals surface area contributed by atoms with Gasteiger partial charge in [-0.05, 0) is 24.1 Å². The van der Waals surface area contributed by atoms with Gasteiger partial charge in [0.15, 0.2) is 11.5 Å². The molecular formula is C8H9F2NO3S. The highest BCUT2D eigenvalue weighted by Crippen LogP contribution is 2.24. The van der Waals surface area contributed by atoms with E-state index in [-0.39, 0.29) is 24.5 Å². The van der Waals surface area contributed by atoms with E-state index in [1.54, 1.807) is 0 Å². The third-order valence-corrected chi connectivity index (χ3v) is 2.17. The molecule has 2 N–H and O–H groups in total. The van der Waals surface area contributed by atoms with Crippen LogP contribution in [-0.2, 0) is 16.9 Å². The summed E-state index contributed by atoms with van der Waals surface area (Å²) >= 11 is 0. The molecule has 1 rings (SSSR count). The highest BCUT2D eigenvalue weighted by atomic mass is 32.3. The summed E-state index contributed by atoms with van der Waals surface area (Å²) in [6.45, 7) is -0.296. The molecular weight excluding hydrogens is 228 g/mol. The summed E-state index contributed by atoms with van der Waals surface area (Å²) in [5.74, 6) is -0.607. The smallest absolute Gasteiger partial charge is 0.366 e. The van der Waals surface area contributed by atoms with Gasteiger partial charge in [-0.2, -0.15) is 8.57 Å². The molecule has 0 atom stereocenters. The first-order valence-corrected chi connectivity index (χ1v) is 5.33. The number of nitrogens with zero attached hydrogens (tertiary/aromatic N) is 1. The minimum absolute atomic E-state index is 0.124. The van der Waals surface area contributed by atoms with Crippen LogP contribution in [0.15, 0.2) is 22.6 Å². The topological polar surface area (TPSA) is 69.9 Å². The first-order valence-electron chi connectivity index (χ1n) is 4.01. The summed E-state index contributed by atoms with van der Waals surface area (Å²) in [4.78, 5) is 0. The van der Waals surface area contributed by atoms with Crippen LogP contribution in [0.4, 0.5) is 7.77 Å². The van der Waals surface area contributed by atoms with E-state index in [1.165, 1.54) is 18.2 Å². The number of aromatic hydroxyl groups is 2. The fourth-order valence-corrected chi connectivity index (χ4v) is 1.31. The first kappa shape index (κ1) is 11.7. The van der Waals surface area contributed by atoms with Gasteiger partial charge in [-0.15, -0.1) is 0 Å². The van der Waals surface area contributed by atoms with Crippen molar-refractivity contribution in [3.8, 4) is 11.5 Å². The van der Waals surface area contributed by atoms with Crippen molar-refractivity contribution < 1.29 is 22.2 Å². The monoisotopic (exact) mass is 237 g/mol. The predicted molar refractivity (Wildman–Crippen MR) is 51.1 cm³/mol. The number of phenols is 2. The number of halogens is 2. The molecule has 7 heteroatoms. The molecule has 15 heavy (non-hydrogen) atoms. The summed E-state index contributed by atoms with van der Waals surface area (Å²) in [7, 11) is -5.05. The van der Waals surface area contributed by atoms with Gasteiger partial charge in [0.25, 0.3) is 0 Å². The largest absolute Gasteiger partial charge is 0.504 e. The van der Waals surface area contributed by atoms with E-state index in [2.05, 4.69) is 4.36 Å². The Bertz CT molecular complexity index is 461. The molecule has 1 aromatic carbocycles. The summed E-state index contributed by atoms with van der Waals surface area (Å²) in [5, 5.41) is 18.0. The van der Waals surface area contributed by atoms with Crippen LogP contribution >= 0.6 is 0 Å². The van der Waals surface area contributed by atoms with Crippen molar-refractivity contribution in [3.63, 3.8) is 0 Å². The predicted octanol–water partition coefficient (Wildman–Crippen LogP) is 1.88. The van der Waals surface area contributed by atoms with Crippen molar-refractivity contribution in [3.05, 3.63) is 23.8 Å². The van der Waals surface area contributed by atoms with Gasteiger partial charge in [0.05, 0.1) is 6.54 Å². The van der Waals surface area contributed by atoms with Crippen LogP contribution in [-0.4, -0.2) is 21.0 Å². The SMILES string of the molecule is O=S(F)(F)=NCCc1ccc(O)c(O)c1. The fraction of sp³-hybridized carbons (Fsp3) is 0.250. The Kier molecular flexibility index (Phi) is 3.46. The standard InChI is InChI=1S/C8H9F2NO3S/c9-15(10,14)11-4-3-6-1-2-7(12)8(13)5-6/h1-2,5,12-13H,3-4H2. The third kappa shape index (κ3) is 4.11. The maximum atomic E-state index is 11.8. The molecule has 1 aromatic rings. The quantitative estimate of drug-likeness (QED) is 0.622. The minimum atomic E-state index is -5.05. The van der Waals surface area contributed by atoms with Crippen molar-refractivity contribution in [1.29, 1.82) is 0 Å². The van der Waals surface area contributed by atoms with Gasteiger partial charge < -0.3 is 10.2 Å². The molecule has 84 valence electrons. The van der Waals surface area contributed by atoms with Crippen LogP contribution < -0.4 is 0 Å². The van der Waals surface area contributed by atoms with E-state index < -0.39 is 10.5 Å². The van der Waals surface area contributed by atoms with E-state index in [9.17, 15) is 12.0 Å². The zero-order chi connectivity index (χ0) is 11.5. The maximum absolute atomic E-state index is 11.8. The van der Waals surface area contributed by atoms with Crippen molar-refractivity contribution >= 4 is 10.5 Å². The van der Waals surface area contributed by atoms with Crippen molar-refractivity contribution in [2.24, 2.45) is 4.36 Å². The lowest BCUT2D eigenvalue weighted by Gasteiger charge is -2.00. The lowest BCUT2D eigenvalue weighted by molar-refractivity contribution is 0.403. The van der Waals surface area contributed by atoms with Crippen LogP contribution in [0, 0.1) is 0 Å². The second-order valence-corrected chi connectivity index (χ2v) is 3.87. The Morgan fingerprint density at radius 1 is 1.27 bits per heavy atom. The van der Waals surface area contributed by atoms with Crippen LogP contribution in [0.25, 0.3) is 0 Å². The zero-order valence-electron chi connectivity index (χ0n) is 7.56. The van der Waals surface area contributed by atoms with Gasteiger partial charge in [-0.3, -0.25) is 0 Å². The lowest BCUT2D eigenvalue weighted by Crippen LogP contribution is -1.91. The number of hydrogen-bond acceptors (Lipinski definition) is 4. The average molecular weight is 237 g/mol. The molecule has 0 unspecified atom stereocenters. The van der Waals surface area contributed by atoms with Gasteiger partial charge in [0.1, 0.15) is 0 Å². The van der Waals surface area contributed by atoms with E-state index >= 15 is 0 Å². The fourth-order valence-electron chi connectivity index (χ4n) is 1.01. The Morgan fingerprint density at radius 3 is 2.47 bits per heavy atom. The van der Waals surface area contributed by atoms with Gasteiger partial charge in [0.2, 0.25) is 0 Å². The second-order valence-electron chi connectivity index (χ2n) is 2.82. The van der Waals surface area contributed by atoms with Gasteiger partial charge in [0, 0.05) is 0 Å². The maximum Gasteiger partial charge on any atom is 0.366 e. The molecule has 0 aliphatic carbocycles. The summed E-state index contributed by atoms with van der Waals surface area (Å²) in [6.07, 6.45) is 0.124. The van der Waals surface area contributed by atoms with Crippen molar-refractivity contribution in [2.45, 2.75) is 6.42 Å². The van der Waals surface area contributed by atoms with Crippen molar-refractivity contribution in [1.82, 2.24) is 0 Å². The Balaban J connectivity index is 2.67. The molecule has 0 amide bonds. The Hall–Kier alpha value is -1.37.